The predicted octanol–water partition coefficient (Wildman–Crippen LogP) is 1.86. The van der Waals surface area contributed by atoms with Gasteiger partial charge in [0.25, 0.3) is 0 Å². The van der Waals surface area contributed by atoms with Crippen molar-refractivity contribution in [3.63, 3.8) is 0 Å². The van der Waals surface area contributed by atoms with Crippen molar-refractivity contribution in [1.29, 1.82) is 0 Å². The smallest absolute Gasteiger partial charge is 0.457 e. The van der Waals surface area contributed by atoms with E-state index in [0.717, 1.165) is 11.5 Å². The van der Waals surface area contributed by atoms with Gasteiger partial charge in [0.2, 0.25) is 5.95 Å². The first-order valence-corrected chi connectivity index (χ1v) is 13.6. The lowest BCUT2D eigenvalue weighted by Crippen LogP contribution is -2.47. The number of ether oxygens (including phenoxy) is 1. The van der Waals surface area contributed by atoms with Gasteiger partial charge in [-0.1, -0.05) is 13.8 Å². The molecule has 0 spiro atoms. The zero-order chi connectivity index (χ0) is 27.6. The molecule has 2 aliphatic rings. The van der Waals surface area contributed by atoms with Crippen LogP contribution in [0.25, 0.3) is 0 Å². The van der Waals surface area contributed by atoms with Gasteiger partial charge in [0.1, 0.15) is 17.3 Å². The van der Waals surface area contributed by atoms with Crippen molar-refractivity contribution < 1.29 is 26.9 Å². The zero-order valence-corrected chi connectivity index (χ0v) is 22.5. The summed E-state index contributed by atoms with van der Waals surface area (Å²) in [5, 5.41) is 11.3. The third kappa shape index (κ3) is 6.08. The lowest BCUT2D eigenvalue weighted by Gasteiger charge is -2.37. The van der Waals surface area contributed by atoms with E-state index >= 15 is 0 Å². The topological polar surface area (TPSA) is 117 Å². The number of piperazine rings is 1. The van der Waals surface area contributed by atoms with Crippen molar-refractivity contribution in [2.24, 2.45) is 5.92 Å². The molecular formula is C23H31F3N8O3S. The molecule has 0 saturated carbocycles. The number of alkyl halides is 3. The second-order valence-electron chi connectivity index (χ2n) is 9.65. The molecule has 1 N–H and O–H groups in total. The third-order valence-electron chi connectivity index (χ3n) is 6.44. The number of aryl methyl sites for hydroxylation is 1. The number of halogens is 3. The molecule has 208 valence electrons. The maximum Gasteiger partial charge on any atom is 0.490 e. The molecule has 0 aromatic carbocycles. The third-order valence-corrected chi connectivity index (χ3v) is 7.89. The van der Waals surface area contributed by atoms with Crippen molar-refractivity contribution >= 4 is 40.0 Å². The van der Waals surface area contributed by atoms with Crippen LogP contribution in [-0.2, 0) is 26.8 Å². The first kappa shape index (κ1) is 27.8. The number of hydrogen-bond donors (Lipinski definition) is 1. The van der Waals surface area contributed by atoms with E-state index in [0.29, 0.717) is 60.7 Å². The van der Waals surface area contributed by atoms with Crippen LogP contribution in [-0.4, -0.2) is 95.2 Å². The number of aromatic nitrogens is 4. The summed E-state index contributed by atoms with van der Waals surface area (Å²) in [5.74, 6) is -0.522. The van der Waals surface area contributed by atoms with Gasteiger partial charge in [-0.3, -0.25) is 4.21 Å². The molecule has 2 aromatic rings. The first-order chi connectivity index (χ1) is 18.0. The molecule has 1 saturated heterocycles. The number of fused-ring (bicyclic) bond motifs is 1. The summed E-state index contributed by atoms with van der Waals surface area (Å²) in [5.41, 5.74) is 1.63. The van der Waals surface area contributed by atoms with E-state index in [1.807, 2.05) is 30.0 Å². The standard InChI is InChI=1S/C23H31F3N8O3S/c1-14(2)16(13-37-21(35)23(24,25)26)28-19-18-15(6-12-38(18)36)29-22(30-19)34-10-8-33(9-11-34)17-5-7-27-31-20(17)32(3)4/h5,7,14,16H,6,8-13H2,1-4H3,(H,28,29,30)/t16?,38-/m1/s1. The van der Waals surface area contributed by atoms with E-state index in [-0.39, 0.29) is 5.92 Å². The van der Waals surface area contributed by atoms with E-state index in [1.54, 1.807) is 20.0 Å². The summed E-state index contributed by atoms with van der Waals surface area (Å²) < 4.78 is 55.2. The highest BCUT2D eigenvalue weighted by molar-refractivity contribution is 7.85. The van der Waals surface area contributed by atoms with E-state index in [1.165, 1.54) is 0 Å². The lowest BCUT2D eigenvalue weighted by molar-refractivity contribution is -0.200. The maximum absolute atomic E-state index is 12.7. The van der Waals surface area contributed by atoms with E-state index in [4.69, 9.17) is 0 Å². The van der Waals surface area contributed by atoms with E-state index in [2.05, 4.69) is 35.1 Å². The van der Waals surface area contributed by atoms with Gasteiger partial charge in [-0.05, 0) is 12.0 Å². The molecule has 1 fully saturated rings. The van der Waals surface area contributed by atoms with Crippen LogP contribution in [0.4, 0.5) is 36.4 Å². The fourth-order valence-corrected chi connectivity index (χ4v) is 5.59. The predicted molar refractivity (Wildman–Crippen MR) is 137 cm³/mol. The highest BCUT2D eigenvalue weighted by Gasteiger charge is 2.41. The molecule has 2 aromatic heterocycles. The molecule has 38 heavy (non-hydrogen) atoms. The SMILES string of the molecule is CC(C)C(COC(=O)C(F)(F)F)Nc1nc(N2CCN(c3ccnnc3N(C)C)CC2)nc2c1[S@](=O)CC2. The summed E-state index contributed by atoms with van der Waals surface area (Å²) in [6.45, 7) is 5.67. The minimum absolute atomic E-state index is 0.205. The van der Waals surface area contributed by atoms with E-state index in [9.17, 15) is 22.2 Å². The van der Waals surface area contributed by atoms with Gasteiger partial charge in [-0.2, -0.15) is 23.3 Å². The molecule has 15 heteroatoms. The monoisotopic (exact) mass is 556 g/mol. The second kappa shape index (κ2) is 11.3. The molecule has 2 atom stereocenters. The van der Waals surface area contributed by atoms with Gasteiger partial charge in [0, 0.05) is 52.4 Å². The molecule has 0 aliphatic carbocycles. The van der Waals surface area contributed by atoms with Gasteiger partial charge in [-0.25, -0.2) is 9.78 Å². The Morgan fingerprint density at radius 1 is 1.18 bits per heavy atom. The Labute approximate surface area is 221 Å². The Morgan fingerprint density at radius 2 is 1.87 bits per heavy atom. The molecule has 4 rings (SSSR count). The lowest BCUT2D eigenvalue weighted by atomic mass is 10.1. The highest BCUT2D eigenvalue weighted by Crippen LogP contribution is 2.32. The van der Waals surface area contributed by atoms with Crippen molar-refractivity contribution in [3.05, 3.63) is 18.0 Å². The Morgan fingerprint density at radius 3 is 2.50 bits per heavy atom. The minimum atomic E-state index is -5.08. The quantitative estimate of drug-likeness (QED) is 0.480. The molecule has 11 nitrogen and oxygen atoms in total. The van der Waals surface area contributed by atoms with Gasteiger partial charge in [-0.15, -0.1) is 5.10 Å². The number of hydrogen-bond acceptors (Lipinski definition) is 11. The number of anilines is 4. The Hall–Kier alpha value is -3.23. The first-order valence-electron chi connectivity index (χ1n) is 12.2. The molecule has 0 bridgehead atoms. The molecular weight excluding hydrogens is 525 g/mol. The summed E-state index contributed by atoms with van der Waals surface area (Å²) in [7, 11) is 2.49. The molecule has 1 unspecified atom stereocenters. The van der Waals surface area contributed by atoms with Gasteiger partial charge in [0.15, 0.2) is 5.82 Å². The van der Waals surface area contributed by atoms with Crippen molar-refractivity contribution in [3.8, 4) is 0 Å². The van der Waals surface area contributed by atoms with Gasteiger partial charge in [0.05, 0.1) is 34.4 Å². The number of nitrogens with zero attached hydrogens (tertiary/aromatic N) is 7. The maximum atomic E-state index is 12.7. The van der Waals surface area contributed by atoms with Crippen LogP contribution in [0.5, 0.6) is 0 Å². The average molecular weight is 557 g/mol. The summed E-state index contributed by atoms with van der Waals surface area (Å²) in [4.78, 5) is 27.2. The number of rotatable bonds is 8. The van der Waals surface area contributed by atoms with Crippen LogP contribution in [0.15, 0.2) is 17.2 Å². The largest absolute Gasteiger partial charge is 0.490 e. The Kier molecular flexibility index (Phi) is 8.23. The summed E-state index contributed by atoms with van der Waals surface area (Å²) in [6.07, 6.45) is -2.90. The zero-order valence-electron chi connectivity index (χ0n) is 21.7. The van der Waals surface area contributed by atoms with Crippen LogP contribution in [0.3, 0.4) is 0 Å². The van der Waals surface area contributed by atoms with E-state index < -0.39 is 35.6 Å². The highest BCUT2D eigenvalue weighted by atomic mass is 32.2. The van der Waals surface area contributed by atoms with Crippen molar-refractivity contribution in [2.75, 3.05) is 72.7 Å². The van der Waals surface area contributed by atoms with Crippen LogP contribution in [0, 0.1) is 5.92 Å². The fourth-order valence-electron chi connectivity index (χ4n) is 4.28. The molecule has 2 aliphatic heterocycles. The fraction of sp³-hybridized carbons (Fsp3) is 0.609. The number of carbonyl (C=O) groups is 1. The molecule has 0 amide bonds. The number of nitrogens with one attached hydrogen (secondary N) is 1. The van der Waals surface area contributed by atoms with Crippen LogP contribution in [0.2, 0.25) is 0 Å². The second-order valence-corrected chi connectivity index (χ2v) is 11.2. The Balaban J connectivity index is 1.53. The Bertz CT molecular complexity index is 1190. The minimum Gasteiger partial charge on any atom is -0.457 e. The number of esters is 1. The summed E-state index contributed by atoms with van der Waals surface area (Å²) in [6, 6.07) is 1.25. The van der Waals surface area contributed by atoms with Crippen LogP contribution in [0.1, 0.15) is 19.5 Å². The van der Waals surface area contributed by atoms with Crippen LogP contribution >= 0.6 is 0 Å². The molecule has 4 heterocycles. The summed E-state index contributed by atoms with van der Waals surface area (Å²) >= 11 is 0. The van der Waals surface area contributed by atoms with Crippen molar-refractivity contribution in [2.45, 2.75) is 37.4 Å². The number of carbonyl (C=O) groups excluding carboxylic acids is 1. The average Bonchev–Trinajstić information content (AvgIpc) is 3.26. The van der Waals surface area contributed by atoms with Gasteiger partial charge >= 0.3 is 12.1 Å². The normalized spacial score (nSPS) is 18.4. The van der Waals surface area contributed by atoms with Crippen LogP contribution < -0.4 is 20.0 Å². The molecule has 0 radical (unpaired) electrons. The van der Waals surface area contributed by atoms with Gasteiger partial charge < -0.3 is 24.8 Å². The van der Waals surface area contributed by atoms with Crippen molar-refractivity contribution in [1.82, 2.24) is 20.2 Å².